The smallest absolute Gasteiger partial charge is 0.254 e. The molecule has 0 aliphatic carbocycles. The van der Waals surface area contributed by atoms with Crippen LogP contribution in [-0.2, 0) is 9.59 Å². The maximum absolute atomic E-state index is 13.3. The second kappa shape index (κ2) is 11.2. The lowest BCUT2D eigenvalue weighted by atomic mass is 9.85. The van der Waals surface area contributed by atoms with Gasteiger partial charge in [0.1, 0.15) is 5.76 Å². The quantitative estimate of drug-likeness (QED) is 0.357. The number of amides is 2. The van der Waals surface area contributed by atoms with Crippen molar-refractivity contribution in [3.8, 4) is 6.07 Å². The normalized spacial score (nSPS) is 15.2. The van der Waals surface area contributed by atoms with Gasteiger partial charge in [-0.05, 0) is 62.4 Å². The van der Waals surface area contributed by atoms with E-state index < -0.39 is 5.92 Å². The van der Waals surface area contributed by atoms with Crippen LogP contribution in [0.4, 0.5) is 11.4 Å². The predicted molar refractivity (Wildman–Crippen MR) is 142 cm³/mol. The van der Waals surface area contributed by atoms with Gasteiger partial charge in [-0.1, -0.05) is 41.1 Å². The van der Waals surface area contributed by atoms with Crippen molar-refractivity contribution in [3.05, 3.63) is 105 Å². The maximum Gasteiger partial charge on any atom is 0.254 e. The molecule has 36 heavy (non-hydrogen) atoms. The fourth-order valence-corrected chi connectivity index (χ4v) is 4.79. The van der Waals surface area contributed by atoms with Crippen LogP contribution in [0.15, 0.2) is 93.2 Å². The molecule has 2 amide bonds. The number of allylic oxidation sites excluding steroid dienone is 2. The number of benzene rings is 2. The highest BCUT2D eigenvalue weighted by Gasteiger charge is 2.36. The largest absolute Gasteiger partial charge is 0.468 e. The zero-order valence-electron chi connectivity index (χ0n) is 19.6. The summed E-state index contributed by atoms with van der Waals surface area (Å²) in [4.78, 5) is 25.9. The molecule has 1 unspecified atom stereocenters. The molecule has 4 rings (SSSR count). The first-order chi connectivity index (χ1) is 17.4. The number of dihydropyridines is 1. The molecular formula is C27H23ClN4O3S. The number of rotatable bonds is 7. The summed E-state index contributed by atoms with van der Waals surface area (Å²) in [6.45, 7) is 3.73. The Kier molecular flexibility index (Phi) is 7.84. The molecular weight excluding hydrogens is 496 g/mol. The number of aryl methyl sites for hydroxylation is 1. The summed E-state index contributed by atoms with van der Waals surface area (Å²) in [5.74, 6) is -0.793. The van der Waals surface area contributed by atoms with Gasteiger partial charge in [-0.2, -0.15) is 5.26 Å². The van der Waals surface area contributed by atoms with Crippen LogP contribution in [0.1, 0.15) is 24.2 Å². The highest BCUT2D eigenvalue weighted by atomic mass is 35.5. The second-order valence-corrected chi connectivity index (χ2v) is 9.55. The van der Waals surface area contributed by atoms with Gasteiger partial charge in [-0.15, -0.1) is 0 Å². The molecule has 3 aromatic rings. The van der Waals surface area contributed by atoms with Gasteiger partial charge in [0.25, 0.3) is 5.91 Å². The topological polar surface area (TPSA) is 107 Å². The van der Waals surface area contributed by atoms with Gasteiger partial charge in [-0.3, -0.25) is 9.59 Å². The number of hydrogen-bond acceptors (Lipinski definition) is 6. The Morgan fingerprint density at radius 1 is 1.06 bits per heavy atom. The molecule has 182 valence electrons. The number of thioether (sulfide) groups is 1. The van der Waals surface area contributed by atoms with E-state index in [0.29, 0.717) is 44.0 Å². The van der Waals surface area contributed by atoms with Gasteiger partial charge in [0.05, 0.1) is 40.2 Å². The molecule has 2 heterocycles. The number of carbonyl (C=O) groups is 2. The average Bonchev–Trinajstić information content (AvgIpc) is 3.39. The van der Waals surface area contributed by atoms with E-state index in [0.717, 1.165) is 5.56 Å². The van der Waals surface area contributed by atoms with Crippen molar-refractivity contribution in [2.45, 2.75) is 19.8 Å². The van der Waals surface area contributed by atoms with Crippen molar-refractivity contribution in [2.75, 3.05) is 16.4 Å². The third kappa shape index (κ3) is 5.82. The van der Waals surface area contributed by atoms with Crippen molar-refractivity contribution in [2.24, 2.45) is 0 Å². The standard InChI is InChI=1S/C27H23ClN4O3S/c1-16-5-9-19(10-6-16)31-23(33)15-36-27-21(14-29)25(22-4-3-13-35-22)24(17(2)30-27)26(34)32-20-11-7-18(28)8-12-20/h3-13,25,30H,15H2,1-2H3,(H,31,33)(H,32,34). The van der Waals surface area contributed by atoms with E-state index in [4.69, 9.17) is 16.0 Å². The van der Waals surface area contributed by atoms with E-state index in [1.54, 1.807) is 43.3 Å². The van der Waals surface area contributed by atoms with Gasteiger partial charge in [0.2, 0.25) is 5.91 Å². The van der Waals surface area contributed by atoms with Crippen LogP contribution >= 0.6 is 23.4 Å². The van der Waals surface area contributed by atoms with Crippen molar-refractivity contribution in [1.82, 2.24) is 5.32 Å². The van der Waals surface area contributed by atoms with Crippen LogP contribution in [0.2, 0.25) is 5.02 Å². The molecule has 0 spiro atoms. The highest BCUT2D eigenvalue weighted by Crippen LogP contribution is 2.41. The highest BCUT2D eigenvalue weighted by molar-refractivity contribution is 8.03. The van der Waals surface area contributed by atoms with Crippen LogP contribution in [0.25, 0.3) is 0 Å². The zero-order valence-corrected chi connectivity index (χ0v) is 21.2. The number of nitrogens with zero attached hydrogens (tertiary/aromatic N) is 1. The van der Waals surface area contributed by atoms with E-state index in [9.17, 15) is 14.9 Å². The Morgan fingerprint density at radius 3 is 2.36 bits per heavy atom. The molecule has 1 aromatic heterocycles. The van der Waals surface area contributed by atoms with Gasteiger partial charge < -0.3 is 20.4 Å². The van der Waals surface area contributed by atoms with Gasteiger partial charge in [0.15, 0.2) is 0 Å². The fraction of sp³-hybridized carbons (Fsp3) is 0.148. The Hall–Kier alpha value is -3.93. The average molecular weight is 519 g/mol. The zero-order chi connectivity index (χ0) is 25.7. The molecule has 0 fully saturated rings. The van der Waals surface area contributed by atoms with Crippen molar-refractivity contribution < 1.29 is 14.0 Å². The maximum atomic E-state index is 13.3. The second-order valence-electron chi connectivity index (χ2n) is 8.13. The first-order valence-corrected chi connectivity index (χ1v) is 12.4. The molecule has 0 radical (unpaired) electrons. The third-order valence-corrected chi connectivity index (χ3v) is 6.77. The predicted octanol–water partition coefficient (Wildman–Crippen LogP) is 5.95. The summed E-state index contributed by atoms with van der Waals surface area (Å²) in [5, 5.41) is 20.0. The van der Waals surface area contributed by atoms with E-state index in [2.05, 4.69) is 22.0 Å². The minimum atomic E-state index is -0.735. The SMILES string of the molecule is CC1=C(C(=O)Nc2ccc(Cl)cc2)C(c2ccco2)C(C#N)=C(SCC(=O)Nc2ccc(C)cc2)N1. The monoisotopic (exact) mass is 518 g/mol. The first-order valence-electron chi connectivity index (χ1n) is 11.1. The van der Waals surface area contributed by atoms with Crippen LogP contribution < -0.4 is 16.0 Å². The Labute approximate surface area is 218 Å². The Bertz CT molecular complexity index is 1370. The number of hydrogen-bond donors (Lipinski definition) is 3. The van der Waals surface area contributed by atoms with Crippen LogP contribution in [0, 0.1) is 18.3 Å². The minimum Gasteiger partial charge on any atom is -0.468 e. The number of nitriles is 1. The van der Waals surface area contributed by atoms with Gasteiger partial charge >= 0.3 is 0 Å². The van der Waals surface area contributed by atoms with E-state index in [1.807, 2.05) is 31.2 Å². The molecule has 0 saturated heterocycles. The molecule has 2 aromatic carbocycles. The molecule has 0 saturated carbocycles. The van der Waals surface area contributed by atoms with E-state index in [-0.39, 0.29) is 17.6 Å². The molecule has 3 N–H and O–H groups in total. The number of anilines is 2. The summed E-state index contributed by atoms with van der Waals surface area (Å²) in [5.41, 5.74) is 3.57. The van der Waals surface area contributed by atoms with E-state index >= 15 is 0 Å². The Morgan fingerprint density at radius 2 is 1.72 bits per heavy atom. The number of halogens is 1. The Balaban J connectivity index is 1.57. The summed E-state index contributed by atoms with van der Waals surface area (Å²) >= 11 is 7.15. The molecule has 9 heteroatoms. The summed E-state index contributed by atoms with van der Waals surface area (Å²) < 4.78 is 5.63. The van der Waals surface area contributed by atoms with Crippen molar-refractivity contribution in [3.63, 3.8) is 0 Å². The number of carbonyl (C=O) groups excluding carboxylic acids is 2. The summed E-state index contributed by atoms with van der Waals surface area (Å²) in [6, 6.07) is 19.9. The third-order valence-electron chi connectivity index (χ3n) is 5.50. The lowest BCUT2D eigenvalue weighted by molar-refractivity contribution is -0.114. The first kappa shape index (κ1) is 25.2. The molecule has 7 nitrogen and oxygen atoms in total. The van der Waals surface area contributed by atoms with E-state index in [1.165, 1.54) is 18.0 Å². The van der Waals surface area contributed by atoms with Crippen LogP contribution in [0.3, 0.4) is 0 Å². The van der Waals surface area contributed by atoms with Crippen molar-refractivity contribution in [1.29, 1.82) is 5.26 Å². The molecule has 1 atom stereocenters. The molecule has 0 bridgehead atoms. The summed E-state index contributed by atoms with van der Waals surface area (Å²) in [6.07, 6.45) is 1.50. The summed E-state index contributed by atoms with van der Waals surface area (Å²) in [7, 11) is 0. The lowest BCUT2D eigenvalue weighted by Gasteiger charge is -2.28. The van der Waals surface area contributed by atoms with Crippen LogP contribution in [-0.4, -0.2) is 17.6 Å². The molecule has 1 aliphatic rings. The lowest BCUT2D eigenvalue weighted by Crippen LogP contribution is -2.31. The number of furan rings is 1. The van der Waals surface area contributed by atoms with Crippen LogP contribution in [0.5, 0.6) is 0 Å². The molecule has 1 aliphatic heterocycles. The fourth-order valence-electron chi connectivity index (χ4n) is 3.77. The van der Waals surface area contributed by atoms with Gasteiger partial charge in [-0.25, -0.2) is 0 Å². The number of nitrogens with one attached hydrogen (secondary N) is 3. The minimum absolute atomic E-state index is 0.0752. The van der Waals surface area contributed by atoms with Crippen molar-refractivity contribution >= 4 is 46.6 Å². The van der Waals surface area contributed by atoms with Gasteiger partial charge in [0, 0.05) is 22.1 Å².